The summed E-state index contributed by atoms with van der Waals surface area (Å²) in [7, 11) is 0. The Morgan fingerprint density at radius 2 is 1.94 bits per heavy atom. The zero-order valence-corrected chi connectivity index (χ0v) is 16.7. The van der Waals surface area contributed by atoms with Crippen molar-refractivity contribution in [1.29, 1.82) is 5.26 Å². The number of likely N-dealkylation sites (tertiary alicyclic amines) is 1. The van der Waals surface area contributed by atoms with Crippen LogP contribution in [0.2, 0.25) is 0 Å². The topological polar surface area (TPSA) is 134 Å². The number of nitrogens with two attached hydrogens (primary N) is 1. The first-order chi connectivity index (χ1) is 14.5. The van der Waals surface area contributed by atoms with Gasteiger partial charge in [0.15, 0.2) is 5.82 Å². The molecule has 9 nitrogen and oxygen atoms in total. The molecule has 1 aliphatic heterocycles. The molecule has 3 rings (SSSR count). The van der Waals surface area contributed by atoms with Crippen LogP contribution in [0.25, 0.3) is 0 Å². The number of halogens is 3. The minimum atomic E-state index is -4.41. The van der Waals surface area contributed by atoms with Crippen LogP contribution in [0.5, 0.6) is 0 Å². The average Bonchev–Trinajstić information content (AvgIpc) is 3.46. The highest BCUT2D eigenvalue weighted by Crippen LogP contribution is 2.36. The number of primary amides is 1. The predicted octanol–water partition coefficient (Wildman–Crippen LogP) is 1.90. The van der Waals surface area contributed by atoms with E-state index in [4.69, 9.17) is 5.73 Å². The van der Waals surface area contributed by atoms with Crippen molar-refractivity contribution < 1.29 is 27.6 Å². The molecule has 0 spiro atoms. The molecule has 2 heterocycles. The Kier molecular flexibility index (Phi) is 6.24. The number of amides is 3. The monoisotopic (exact) mass is 440 g/mol. The summed E-state index contributed by atoms with van der Waals surface area (Å²) >= 11 is 0. The molecule has 0 unspecified atom stereocenters. The first kappa shape index (κ1) is 22.6. The maximum atomic E-state index is 12.4. The number of anilines is 1. The van der Waals surface area contributed by atoms with Gasteiger partial charge in [-0.15, -0.1) is 0 Å². The fraction of sp³-hybridized carbons (Fsp3) is 0.632. The molecule has 2 fully saturated rings. The zero-order chi connectivity index (χ0) is 22.8. The molecule has 1 aliphatic carbocycles. The standard InChI is InChI=1S/C19H23F3N6O3/c20-19(21,22)4-3-14(29)27-9-6-18(5-8-23,7-10-27)28-11-13(15(24)30)16(26-28)25-17(31)12-1-2-12/h11-12H,1-7,9-10H2,(H2,24,30)(H,25,26,31). The normalized spacial score (nSPS) is 18.3. The van der Waals surface area contributed by atoms with Crippen LogP contribution in [0.1, 0.15) is 55.3 Å². The van der Waals surface area contributed by atoms with Crippen LogP contribution in [0.3, 0.4) is 0 Å². The summed E-state index contributed by atoms with van der Waals surface area (Å²) in [4.78, 5) is 37.4. The lowest BCUT2D eigenvalue weighted by Gasteiger charge is -2.40. The number of hydrogen-bond acceptors (Lipinski definition) is 5. The second kappa shape index (κ2) is 8.56. The molecule has 1 saturated heterocycles. The van der Waals surface area contributed by atoms with Crippen molar-refractivity contribution in [2.75, 3.05) is 18.4 Å². The highest BCUT2D eigenvalue weighted by atomic mass is 19.4. The summed E-state index contributed by atoms with van der Waals surface area (Å²) in [6, 6.07) is 2.08. The van der Waals surface area contributed by atoms with E-state index in [2.05, 4.69) is 16.5 Å². The quantitative estimate of drug-likeness (QED) is 0.668. The fourth-order valence-corrected chi connectivity index (χ4v) is 3.67. The minimum Gasteiger partial charge on any atom is -0.365 e. The van der Waals surface area contributed by atoms with Crippen LogP contribution in [-0.2, 0) is 15.1 Å². The van der Waals surface area contributed by atoms with Crippen molar-refractivity contribution >= 4 is 23.5 Å². The number of alkyl halides is 3. The number of aromatic nitrogens is 2. The minimum absolute atomic E-state index is 0.00742. The van der Waals surface area contributed by atoms with Crippen molar-refractivity contribution in [1.82, 2.24) is 14.7 Å². The molecule has 2 aliphatic rings. The first-order valence-electron chi connectivity index (χ1n) is 9.97. The predicted molar refractivity (Wildman–Crippen MR) is 101 cm³/mol. The average molecular weight is 440 g/mol. The Balaban J connectivity index is 1.76. The first-order valence-corrected chi connectivity index (χ1v) is 9.97. The highest BCUT2D eigenvalue weighted by Gasteiger charge is 2.40. The van der Waals surface area contributed by atoms with Gasteiger partial charge in [0.25, 0.3) is 5.91 Å². The Bertz CT molecular complexity index is 908. The summed E-state index contributed by atoms with van der Waals surface area (Å²) in [5.41, 5.74) is 4.56. The van der Waals surface area contributed by atoms with Crippen molar-refractivity contribution in [3.63, 3.8) is 0 Å². The van der Waals surface area contributed by atoms with Crippen LogP contribution in [0.15, 0.2) is 6.20 Å². The molecule has 31 heavy (non-hydrogen) atoms. The zero-order valence-electron chi connectivity index (χ0n) is 16.7. The van der Waals surface area contributed by atoms with Crippen molar-refractivity contribution in [2.24, 2.45) is 11.7 Å². The van der Waals surface area contributed by atoms with E-state index in [0.717, 1.165) is 12.8 Å². The van der Waals surface area contributed by atoms with Gasteiger partial charge in [-0.3, -0.25) is 19.1 Å². The van der Waals surface area contributed by atoms with Crippen LogP contribution in [0.4, 0.5) is 19.0 Å². The van der Waals surface area contributed by atoms with Crippen molar-refractivity contribution in [3.05, 3.63) is 11.8 Å². The summed E-state index contributed by atoms with van der Waals surface area (Å²) in [6.45, 7) is 0.293. The van der Waals surface area contributed by atoms with Gasteiger partial charge >= 0.3 is 6.18 Å². The van der Waals surface area contributed by atoms with Gasteiger partial charge in [-0.05, 0) is 25.7 Å². The summed E-state index contributed by atoms with van der Waals surface area (Å²) in [5.74, 6) is -1.75. The highest BCUT2D eigenvalue weighted by molar-refractivity contribution is 6.02. The Morgan fingerprint density at radius 1 is 1.29 bits per heavy atom. The van der Waals surface area contributed by atoms with Crippen LogP contribution in [0, 0.1) is 17.2 Å². The van der Waals surface area contributed by atoms with Gasteiger partial charge in [-0.25, -0.2) is 0 Å². The van der Waals surface area contributed by atoms with Crippen molar-refractivity contribution in [2.45, 2.75) is 56.7 Å². The molecule has 0 atom stereocenters. The van der Waals surface area contributed by atoms with Gasteiger partial charge in [-0.1, -0.05) is 0 Å². The smallest absolute Gasteiger partial charge is 0.365 e. The number of carbonyl (C=O) groups excluding carboxylic acids is 3. The lowest BCUT2D eigenvalue weighted by atomic mass is 9.84. The van der Waals surface area contributed by atoms with Crippen LogP contribution >= 0.6 is 0 Å². The van der Waals surface area contributed by atoms with E-state index in [1.165, 1.54) is 15.8 Å². The number of nitriles is 1. The molecule has 168 valence electrons. The third-order valence-electron chi connectivity index (χ3n) is 5.73. The van der Waals surface area contributed by atoms with Gasteiger partial charge in [0.05, 0.1) is 24.4 Å². The number of nitrogens with one attached hydrogen (secondary N) is 1. The Morgan fingerprint density at radius 3 is 2.45 bits per heavy atom. The molecular formula is C19H23F3N6O3. The van der Waals surface area contributed by atoms with Crippen LogP contribution < -0.4 is 11.1 Å². The maximum Gasteiger partial charge on any atom is 0.389 e. The number of rotatable bonds is 7. The lowest BCUT2D eigenvalue weighted by molar-refractivity contribution is -0.150. The number of nitrogens with zero attached hydrogens (tertiary/aromatic N) is 4. The van der Waals surface area contributed by atoms with Crippen molar-refractivity contribution in [3.8, 4) is 6.07 Å². The largest absolute Gasteiger partial charge is 0.389 e. The summed E-state index contributed by atoms with van der Waals surface area (Å²) < 4.78 is 38.6. The van der Waals surface area contributed by atoms with Gasteiger partial charge in [0.2, 0.25) is 11.8 Å². The third-order valence-corrected chi connectivity index (χ3v) is 5.73. The molecule has 0 radical (unpaired) electrons. The van der Waals surface area contributed by atoms with E-state index in [-0.39, 0.29) is 55.6 Å². The number of hydrogen-bond donors (Lipinski definition) is 2. The van der Waals surface area contributed by atoms with E-state index in [1.54, 1.807) is 0 Å². The molecule has 1 aromatic rings. The van der Waals surface area contributed by atoms with Gasteiger partial charge in [0, 0.05) is 31.6 Å². The van der Waals surface area contributed by atoms with E-state index in [0.29, 0.717) is 0 Å². The molecular weight excluding hydrogens is 417 g/mol. The van der Waals surface area contributed by atoms with Crippen LogP contribution in [-0.4, -0.2) is 51.7 Å². The molecule has 0 aromatic carbocycles. The lowest BCUT2D eigenvalue weighted by Crippen LogP contribution is -2.48. The summed E-state index contributed by atoms with van der Waals surface area (Å²) in [5, 5.41) is 16.3. The molecule has 12 heteroatoms. The van der Waals surface area contributed by atoms with Gasteiger partial charge in [-0.2, -0.15) is 23.5 Å². The molecule has 3 amide bonds. The van der Waals surface area contributed by atoms with E-state index in [1.807, 2.05) is 0 Å². The second-order valence-electron chi connectivity index (χ2n) is 8.02. The molecule has 1 saturated carbocycles. The van der Waals surface area contributed by atoms with E-state index < -0.39 is 36.4 Å². The Labute approximate surface area is 176 Å². The fourth-order valence-electron chi connectivity index (χ4n) is 3.67. The Hall–Kier alpha value is -3.10. The SMILES string of the molecule is N#CCC1(n2cc(C(N)=O)c(NC(=O)C3CC3)n2)CCN(C(=O)CCC(F)(F)F)CC1. The molecule has 1 aromatic heterocycles. The second-order valence-corrected chi connectivity index (χ2v) is 8.02. The third kappa shape index (κ3) is 5.34. The summed E-state index contributed by atoms with van der Waals surface area (Å²) in [6.07, 6.45) is -2.79. The molecule has 0 bridgehead atoms. The van der Waals surface area contributed by atoms with E-state index in [9.17, 15) is 32.8 Å². The van der Waals surface area contributed by atoms with E-state index >= 15 is 0 Å². The molecule has 3 N–H and O–H groups in total. The number of piperidine rings is 1. The van der Waals surface area contributed by atoms with Gasteiger partial charge in [0.1, 0.15) is 5.56 Å². The maximum absolute atomic E-state index is 12.4. The van der Waals surface area contributed by atoms with Gasteiger partial charge < -0.3 is 16.0 Å². The number of carbonyl (C=O) groups is 3.